The summed E-state index contributed by atoms with van der Waals surface area (Å²) in [5, 5.41) is 0. The highest BCUT2D eigenvalue weighted by Crippen LogP contribution is 2.30. The molecular formula is C11H12F2O. The molecule has 0 heterocycles. The van der Waals surface area contributed by atoms with E-state index in [0.29, 0.717) is 17.4 Å². The van der Waals surface area contributed by atoms with Crippen LogP contribution < -0.4 is 0 Å². The molecule has 14 heavy (non-hydrogen) atoms. The predicted molar refractivity (Wildman–Crippen MR) is 50.9 cm³/mol. The van der Waals surface area contributed by atoms with E-state index in [-0.39, 0.29) is 0 Å². The molecule has 0 bridgehead atoms. The Bertz CT molecular complexity index is 332. The second-order valence-electron chi connectivity index (χ2n) is 3.77. The molecule has 0 atom stereocenters. The molecule has 0 aliphatic heterocycles. The molecule has 1 nitrogen and oxygen atoms in total. The minimum absolute atomic E-state index is 0.427. The number of hydrogen-bond acceptors (Lipinski definition) is 1. The first-order valence-electron chi connectivity index (χ1n) is 4.32. The monoisotopic (exact) mass is 198 g/mol. The summed E-state index contributed by atoms with van der Waals surface area (Å²) in [7, 11) is 0. The summed E-state index contributed by atoms with van der Waals surface area (Å²) in [4.78, 5) is 10.5. The van der Waals surface area contributed by atoms with Crippen molar-refractivity contribution < 1.29 is 13.6 Å². The number of aldehydes is 1. The van der Waals surface area contributed by atoms with Gasteiger partial charge in [-0.1, -0.05) is 32.0 Å². The van der Waals surface area contributed by atoms with Gasteiger partial charge in [-0.05, 0) is 11.6 Å². The van der Waals surface area contributed by atoms with E-state index in [1.807, 2.05) is 0 Å². The van der Waals surface area contributed by atoms with Crippen molar-refractivity contribution in [2.75, 3.05) is 0 Å². The zero-order valence-corrected chi connectivity index (χ0v) is 8.13. The number of benzene rings is 1. The first kappa shape index (κ1) is 10.8. The summed E-state index contributed by atoms with van der Waals surface area (Å²) in [5.74, 6) is 0. The van der Waals surface area contributed by atoms with Gasteiger partial charge >= 0.3 is 0 Å². The average molecular weight is 198 g/mol. The van der Waals surface area contributed by atoms with Crippen LogP contribution in [0.2, 0.25) is 0 Å². The van der Waals surface area contributed by atoms with Crippen molar-refractivity contribution >= 4 is 6.29 Å². The fraction of sp³-hybridized carbons (Fsp3) is 0.364. The number of hydrogen-bond donors (Lipinski definition) is 0. The molecule has 3 heteroatoms. The molecule has 0 radical (unpaired) electrons. The third-order valence-electron chi connectivity index (χ3n) is 2.31. The van der Waals surface area contributed by atoms with Crippen LogP contribution in [0, 0.1) is 0 Å². The molecule has 0 aliphatic rings. The molecule has 1 aromatic rings. The molecule has 0 spiro atoms. The molecule has 0 N–H and O–H groups in total. The van der Waals surface area contributed by atoms with E-state index >= 15 is 0 Å². The highest BCUT2D eigenvalue weighted by Gasteiger charge is 2.31. The molecule has 1 aromatic carbocycles. The van der Waals surface area contributed by atoms with Gasteiger partial charge in [0.2, 0.25) is 6.43 Å². The molecule has 0 aromatic heterocycles. The minimum Gasteiger partial charge on any atom is -0.298 e. The van der Waals surface area contributed by atoms with Crippen LogP contribution in [0.25, 0.3) is 0 Å². The quantitative estimate of drug-likeness (QED) is 0.682. The minimum atomic E-state index is -2.44. The summed E-state index contributed by atoms with van der Waals surface area (Å²) in [5.41, 5.74) is -0.299. The molecule has 76 valence electrons. The lowest BCUT2D eigenvalue weighted by Crippen LogP contribution is -2.26. The standard InChI is InChI=1S/C11H12F2O/c1-11(2,10(12)13)9-5-3-4-8(6-9)7-14/h3-7,10H,1-2H3. The van der Waals surface area contributed by atoms with E-state index in [1.54, 1.807) is 18.2 Å². The van der Waals surface area contributed by atoms with E-state index in [0.717, 1.165) is 0 Å². The topological polar surface area (TPSA) is 17.1 Å². The van der Waals surface area contributed by atoms with Gasteiger partial charge in [0.1, 0.15) is 6.29 Å². The van der Waals surface area contributed by atoms with Crippen LogP contribution in [0.5, 0.6) is 0 Å². The van der Waals surface area contributed by atoms with E-state index in [9.17, 15) is 13.6 Å². The van der Waals surface area contributed by atoms with Gasteiger partial charge in [-0.3, -0.25) is 4.79 Å². The fourth-order valence-corrected chi connectivity index (χ4v) is 1.14. The Morgan fingerprint density at radius 1 is 1.36 bits per heavy atom. The Morgan fingerprint density at radius 2 is 2.00 bits per heavy atom. The fourth-order valence-electron chi connectivity index (χ4n) is 1.14. The van der Waals surface area contributed by atoms with Gasteiger partial charge in [0.15, 0.2) is 0 Å². The smallest absolute Gasteiger partial charge is 0.247 e. The summed E-state index contributed by atoms with van der Waals surface area (Å²) in [6.07, 6.45) is -1.78. The molecule has 0 saturated heterocycles. The van der Waals surface area contributed by atoms with E-state index in [1.165, 1.54) is 19.9 Å². The maximum atomic E-state index is 12.6. The van der Waals surface area contributed by atoms with Crippen LogP contribution in [-0.2, 0) is 5.41 Å². The molecule has 0 aliphatic carbocycles. The second-order valence-corrected chi connectivity index (χ2v) is 3.77. The predicted octanol–water partition coefficient (Wildman–Crippen LogP) is 3.04. The van der Waals surface area contributed by atoms with Crippen molar-refractivity contribution in [2.45, 2.75) is 25.7 Å². The summed E-state index contributed by atoms with van der Waals surface area (Å²) >= 11 is 0. The van der Waals surface area contributed by atoms with Crippen LogP contribution in [0.4, 0.5) is 8.78 Å². The molecule has 1 rings (SSSR count). The van der Waals surface area contributed by atoms with E-state index in [4.69, 9.17) is 0 Å². The van der Waals surface area contributed by atoms with Crippen molar-refractivity contribution in [3.63, 3.8) is 0 Å². The lowest BCUT2D eigenvalue weighted by Gasteiger charge is -2.24. The summed E-state index contributed by atoms with van der Waals surface area (Å²) in [6, 6.07) is 6.32. The van der Waals surface area contributed by atoms with Gasteiger partial charge in [0.25, 0.3) is 0 Å². The molecule has 0 unspecified atom stereocenters. The summed E-state index contributed by atoms with van der Waals surface area (Å²) < 4.78 is 25.3. The number of carbonyl (C=O) groups is 1. The van der Waals surface area contributed by atoms with Gasteiger partial charge < -0.3 is 0 Å². The Hall–Kier alpha value is -1.25. The normalized spacial score (nSPS) is 11.8. The van der Waals surface area contributed by atoms with Gasteiger partial charge in [-0.2, -0.15) is 0 Å². The van der Waals surface area contributed by atoms with Gasteiger partial charge in [0.05, 0.1) is 5.41 Å². The van der Waals surface area contributed by atoms with Crippen molar-refractivity contribution in [2.24, 2.45) is 0 Å². The van der Waals surface area contributed by atoms with Crippen molar-refractivity contribution in [1.29, 1.82) is 0 Å². The van der Waals surface area contributed by atoms with Crippen molar-refractivity contribution in [3.8, 4) is 0 Å². The first-order chi connectivity index (χ1) is 6.48. The third-order valence-corrected chi connectivity index (χ3v) is 2.31. The SMILES string of the molecule is CC(C)(c1cccc(C=O)c1)C(F)F. The Balaban J connectivity index is 3.12. The summed E-state index contributed by atoms with van der Waals surface area (Å²) in [6.45, 7) is 2.92. The highest BCUT2D eigenvalue weighted by molar-refractivity contribution is 5.75. The van der Waals surface area contributed by atoms with Gasteiger partial charge in [-0.15, -0.1) is 0 Å². The molecule has 0 fully saturated rings. The molecule has 0 saturated carbocycles. The third kappa shape index (κ3) is 1.97. The Morgan fingerprint density at radius 3 is 2.50 bits per heavy atom. The lowest BCUT2D eigenvalue weighted by molar-refractivity contribution is 0.0693. The first-order valence-corrected chi connectivity index (χ1v) is 4.32. The van der Waals surface area contributed by atoms with Crippen LogP contribution >= 0.6 is 0 Å². The Labute approximate surface area is 81.7 Å². The van der Waals surface area contributed by atoms with Crippen LogP contribution in [0.3, 0.4) is 0 Å². The van der Waals surface area contributed by atoms with Crippen LogP contribution in [-0.4, -0.2) is 12.7 Å². The molecular weight excluding hydrogens is 186 g/mol. The van der Waals surface area contributed by atoms with E-state index < -0.39 is 11.8 Å². The second kappa shape index (κ2) is 3.86. The zero-order valence-electron chi connectivity index (χ0n) is 8.13. The number of carbonyl (C=O) groups excluding carboxylic acids is 1. The maximum absolute atomic E-state index is 12.6. The largest absolute Gasteiger partial charge is 0.298 e. The lowest BCUT2D eigenvalue weighted by atomic mass is 9.84. The number of alkyl halides is 2. The van der Waals surface area contributed by atoms with Crippen LogP contribution in [0.1, 0.15) is 29.8 Å². The van der Waals surface area contributed by atoms with E-state index in [2.05, 4.69) is 0 Å². The van der Waals surface area contributed by atoms with Gasteiger partial charge in [0, 0.05) is 5.56 Å². The highest BCUT2D eigenvalue weighted by atomic mass is 19.3. The molecule has 0 amide bonds. The zero-order chi connectivity index (χ0) is 10.8. The number of rotatable bonds is 3. The van der Waals surface area contributed by atoms with Crippen molar-refractivity contribution in [1.82, 2.24) is 0 Å². The van der Waals surface area contributed by atoms with Crippen LogP contribution in [0.15, 0.2) is 24.3 Å². The average Bonchev–Trinajstić information content (AvgIpc) is 2.17. The number of halogens is 2. The maximum Gasteiger partial charge on any atom is 0.247 e. The Kier molecular flexibility index (Phi) is 2.99. The van der Waals surface area contributed by atoms with Crippen molar-refractivity contribution in [3.05, 3.63) is 35.4 Å². The van der Waals surface area contributed by atoms with Gasteiger partial charge in [-0.25, -0.2) is 8.78 Å².